The maximum Gasteiger partial charge on any atom is 0.304 e. The van der Waals surface area contributed by atoms with Gasteiger partial charge in [0.2, 0.25) is 5.82 Å². The number of rotatable bonds is 4. The molecule has 3 N–H and O–H groups in total. The van der Waals surface area contributed by atoms with Gasteiger partial charge in [-0.15, -0.1) is 11.3 Å². The molecule has 1 aromatic carbocycles. The summed E-state index contributed by atoms with van der Waals surface area (Å²) in [6.45, 7) is 0.459. The largest absolute Gasteiger partial charge is 0.398 e. The van der Waals surface area contributed by atoms with Crippen LogP contribution in [0.2, 0.25) is 0 Å². The topological polar surface area (TPSA) is 81.2 Å². The van der Waals surface area contributed by atoms with Crippen LogP contribution in [0, 0.1) is 15.9 Å². The summed E-state index contributed by atoms with van der Waals surface area (Å²) < 4.78 is 13.3. The Labute approximate surface area is 106 Å². The number of nitro benzene ring substituents is 1. The van der Waals surface area contributed by atoms with Crippen molar-refractivity contribution in [3.8, 4) is 0 Å². The third-order valence-electron chi connectivity index (χ3n) is 2.38. The van der Waals surface area contributed by atoms with Gasteiger partial charge in [0, 0.05) is 28.4 Å². The van der Waals surface area contributed by atoms with Crippen molar-refractivity contribution in [2.24, 2.45) is 0 Å². The van der Waals surface area contributed by atoms with Crippen LogP contribution in [0.5, 0.6) is 0 Å². The highest BCUT2D eigenvalue weighted by Gasteiger charge is 2.13. The summed E-state index contributed by atoms with van der Waals surface area (Å²) in [7, 11) is 0. The van der Waals surface area contributed by atoms with Crippen LogP contribution in [0.4, 0.5) is 21.5 Å². The molecular formula is C11H10FN3O2S. The second-order valence-corrected chi connectivity index (χ2v) is 4.58. The van der Waals surface area contributed by atoms with Crippen LogP contribution in [0.25, 0.3) is 0 Å². The second kappa shape index (κ2) is 5.01. The standard InChI is InChI=1S/C11H10FN3O2S/c12-8-5-7(1-2-10(8)15(16)17)14-6-11-9(13)3-4-18-11/h1-5,14H,6,13H2. The Bertz CT molecular complexity index is 585. The zero-order chi connectivity index (χ0) is 13.1. The van der Waals surface area contributed by atoms with Gasteiger partial charge in [0.05, 0.1) is 11.5 Å². The smallest absolute Gasteiger partial charge is 0.304 e. The van der Waals surface area contributed by atoms with Gasteiger partial charge in [-0.25, -0.2) is 0 Å². The first kappa shape index (κ1) is 12.3. The molecule has 1 aromatic heterocycles. The third kappa shape index (κ3) is 2.57. The molecule has 0 saturated heterocycles. The molecule has 0 bridgehead atoms. The molecule has 0 aliphatic carbocycles. The normalized spacial score (nSPS) is 10.3. The Hall–Kier alpha value is -2.15. The molecule has 18 heavy (non-hydrogen) atoms. The molecule has 0 radical (unpaired) electrons. The van der Waals surface area contributed by atoms with Gasteiger partial charge in [0.15, 0.2) is 0 Å². The van der Waals surface area contributed by atoms with Crippen LogP contribution >= 0.6 is 11.3 Å². The van der Waals surface area contributed by atoms with Gasteiger partial charge in [-0.3, -0.25) is 10.1 Å². The highest BCUT2D eigenvalue weighted by atomic mass is 32.1. The maximum atomic E-state index is 13.3. The summed E-state index contributed by atoms with van der Waals surface area (Å²) in [6.07, 6.45) is 0. The highest BCUT2D eigenvalue weighted by Crippen LogP contribution is 2.23. The van der Waals surface area contributed by atoms with Crippen LogP contribution in [0.15, 0.2) is 29.6 Å². The van der Waals surface area contributed by atoms with E-state index in [1.807, 2.05) is 5.38 Å². The molecule has 7 heteroatoms. The molecule has 0 saturated carbocycles. The molecule has 0 atom stereocenters. The number of anilines is 2. The number of hydrogen-bond donors (Lipinski definition) is 2. The van der Waals surface area contributed by atoms with Crippen molar-refractivity contribution >= 4 is 28.4 Å². The summed E-state index contributed by atoms with van der Waals surface area (Å²) in [6, 6.07) is 5.49. The molecular weight excluding hydrogens is 257 g/mol. The van der Waals surface area contributed by atoms with Crippen molar-refractivity contribution in [1.82, 2.24) is 0 Å². The monoisotopic (exact) mass is 267 g/mol. The van der Waals surface area contributed by atoms with E-state index in [1.165, 1.54) is 17.4 Å². The summed E-state index contributed by atoms with van der Waals surface area (Å²) in [5.41, 5.74) is 6.33. The molecule has 0 spiro atoms. The van der Waals surface area contributed by atoms with Crippen molar-refractivity contribution in [1.29, 1.82) is 0 Å². The lowest BCUT2D eigenvalue weighted by Gasteiger charge is -2.05. The number of benzene rings is 1. The lowest BCUT2D eigenvalue weighted by Crippen LogP contribution is -2.01. The number of nitrogen functional groups attached to an aromatic ring is 1. The SMILES string of the molecule is Nc1ccsc1CNc1ccc([N+](=O)[O-])c(F)c1. The van der Waals surface area contributed by atoms with E-state index in [-0.39, 0.29) is 0 Å². The van der Waals surface area contributed by atoms with Crippen LogP contribution in [0.3, 0.4) is 0 Å². The van der Waals surface area contributed by atoms with E-state index in [2.05, 4.69) is 5.32 Å². The van der Waals surface area contributed by atoms with Crippen molar-refractivity contribution < 1.29 is 9.31 Å². The summed E-state index contributed by atoms with van der Waals surface area (Å²) in [5, 5.41) is 15.3. The number of thiophene rings is 1. The molecule has 0 amide bonds. The molecule has 0 unspecified atom stereocenters. The maximum absolute atomic E-state index is 13.3. The van der Waals surface area contributed by atoms with Crippen molar-refractivity contribution in [3.63, 3.8) is 0 Å². The van der Waals surface area contributed by atoms with Crippen molar-refractivity contribution in [2.75, 3.05) is 11.1 Å². The highest BCUT2D eigenvalue weighted by molar-refractivity contribution is 7.10. The third-order valence-corrected chi connectivity index (χ3v) is 3.31. The van der Waals surface area contributed by atoms with Gasteiger partial charge in [-0.1, -0.05) is 0 Å². The van der Waals surface area contributed by atoms with Gasteiger partial charge in [0.25, 0.3) is 0 Å². The molecule has 0 fully saturated rings. The van der Waals surface area contributed by atoms with Gasteiger partial charge >= 0.3 is 5.69 Å². The minimum Gasteiger partial charge on any atom is -0.398 e. The number of hydrogen-bond acceptors (Lipinski definition) is 5. The molecule has 94 valence electrons. The van der Waals surface area contributed by atoms with Gasteiger partial charge in [-0.2, -0.15) is 4.39 Å². The number of nitrogens with two attached hydrogens (primary N) is 1. The van der Waals surface area contributed by atoms with Crippen molar-refractivity contribution in [2.45, 2.75) is 6.54 Å². The van der Waals surface area contributed by atoms with E-state index < -0.39 is 16.4 Å². The number of nitro groups is 1. The molecule has 0 aliphatic rings. The van der Waals surface area contributed by atoms with E-state index in [9.17, 15) is 14.5 Å². The average molecular weight is 267 g/mol. The fourth-order valence-corrected chi connectivity index (χ4v) is 2.18. The first-order valence-corrected chi connectivity index (χ1v) is 5.95. The quantitative estimate of drug-likeness (QED) is 0.659. The molecule has 0 aliphatic heterocycles. The van der Waals surface area contributed by atoms with E-state index in [0.29, 0.717) is 17.9 Å². The molecule has 5 nitrogen and oxygen atoms in total. The lowest BCUT2D eigenvalue weighted by atomic mass is 10.2. The van der Waals surface area contributed by atoms with Crippen LogP contribution in [0.1, 0.15) is 4.88 Å². The van der Waals surface area contributed by atoms with E-state index >= 15 is 0 Å². The van der Waals surface area contributed by atoms with Crippen LogP contribution in [-0.2, 0) is 6.54 Å². The second-order valence-electron chi connectivity index (χ2n) is 3.58. The van der Waals surface area contributed by atoms with E-state index in [0.717, 1.165) is 17.0 Å². The fourth-order valence-electron chi connectivity index (χ4n) is 1.44. The van der Waals surface area contributed by atoms with Gasteiger partial charge in [0.1, 0.15) is 0 Å². The summed E-state index contributed by atoms with van der Waals surface area (Å²) in [5.74, 6) is -0.857. The van der Waals surface area contributed by atoms with Crippen molar-refractivity contribution in [3.05, 3.63) is 50.5 Å². The zero-order valence-electron chi connectivity index (χ0n) is 9.22. The number of halogens is 1. The Kier molecular flexibility index (Phi) is 3.42. The lowest BCUT2D eigenvalue weighted by molar-refractivity contribution is -0.387. The minimum atomic E-state index is -0.857. The molecule has 2 rings (SSSR count). The fraction of sp³-hybridized carbons (Fsp3) is 0.0909. The summed E-state index contributed by atoms with van der Waals surface area (Å²) in [4.78, 5) is 10.6. The average Bonchev–Trinajstić information content (AvgIpc) is 2.72. The van der Waals surface area contributed by atoms with Crippen LogP contribution < -0.4 is 11.1 Å². The predicted molar refractivity (Wildman–Crippen MR) is 69.1 cm³/mol. The predicted octanol–water partition coefficient (Wildman–Crippen LogP) is 2.99. The summed E-state index contributed by atoms with van der Waals surface area (Å²) >= 11 is 1.49. The number of nitrogens with zero attached hydrogens (tertiary/aromatic N) is 1. The minimum absolute atomic E-state index is 0.459. The Morgan fingerprint density at radius 2 is 2.22 bits per heavy atom. The first-order valence-electron chi connectivity index (χ1n) is 5.07. The van der Waals surface area contributed by atoms with E-state index in [1.54, 1.807) is 6.07 Å². The Morgan fingerprint density at radius 3 is 2.78 bits per heavy atom. The van der Waals surface area contributed by atoms with Crippen LogP contribution in [-0.4, -0.2) is 4.92 Å². The molecule has 1 heterocycles. The first-order chi connectivity index (χ1) is 8.58. The zero-order valence-corrected chi connectivity index (χ0v) is 10.0. The van der Waals surface area contributed by atoms with Gasteiger partial charge in [-0.05, 0) is 17.5 Å². The molecule has 2 aromatic rings. The van der Waals surface area contributed by atoms with Gasteiger partial charge < -0.3 is 11.1 Å². The Balaban J connectivity index is 2.09. The van der Waals surface area contributed by atoms with E-state index in [4.69, 9.17) is 5.73 Å². The number of nitrogens with one attached hydrogen (secondary N) is 1. The Morgan fingerprint density at radius 1 is 1.44 bits per heavy atom.